The molecule has 1 aliphatic rings. The van der Waals surface area contributed by atoms with Gasteiger partial charge in [0.1, 0.15) is 0 Å². The number of hydrogen-bond donors (Lipinski definition) is 1. The molecule has 2 rings (SSSR count). The van der Waals surface area contributed by atoms with Crippen molar-refractivity contribution in [2.24, 2.45) is 0 Å². The molecule has 1 fully saturated rings. The fraction of sp³-hybridized carbons (Fsp3) is 0.500. The van der Waals surface area contributed by atoms with E-state index in [0.717, 1.165) is 10.9 Å². The molecule has 0 aromatic heterocycles. The van der Waals surface area contributed by atoms with Gasteiger partial charge in [-0.25, -0.2) is 0 Å². The van der Waals surface area contributed by atoms with E-state index >= 15 is 0 Å². The summed E-state index contributed by atoms with van der Waals surface area (Å²) in [5.41, 5.74) is 2.38. The van der Waals surface area contributed by atoms with Crippen LogP contribution < -0.4 is 0 Å². The second-order valence-corrected chi connectivity index (χ2v) is 5.72. The molecule has 0 saturated carbocycles. The Morgan fingerprint density at radius 3 is 2.94 bits per heavy atom. The zero-order valence-corrected chi connectivity index (χ0v) is 12.1. The molecule has 1 aromatic rings. The minimum atomic E-state index is -0.330. The first-order valence-corrected chi connectivity index (χ1v) is 7.06. The summed E-state index contributed by atoms with van der Waals surface area (Å²) in [6.45, 7) is 3.24. The highest BCUT2D eigenvalue weighted by molar-refractivity contribution is 9.10. The lowest BCUT2D eigenvalue weighted by Crippen LogP contribution is -2.29. The molecule has 1 aromatic carbocycles. The van der Waals surface area contributed by atoms with Crippen LogP contribution in [0.4, 0.5) is 0 Å². The normalized spacial score (nSPS) is 19.3. The van der Waals surface area contributed by atoms with E-state index in [-0.39, 0.29) is 12.0 Å². The Morgan fingerprint density at radius 1 is 1.56 bits per heavy atom. The van der Waals surface area contributed by atoms with Crippen molar-refractivity contribution in [3.8, 4) is 0 Å². The van der Waals surface area contributed by atoms with Crippen LogP contribution in [-0.4, -0.2) is 35.1 Å². The van der Waals surface area contributed by atoms with Crippen molar-refractivity contribution in [2.45, 2.75) is 32.3 Å². The Bertz CT molecular complexity index is 447. The van der Waals surface area contributed by atoms with Crippen LogP contribution in [0.2, 0.25) is 0 Å². The van der Waals surface area contributed by atoms with Gasteiger partial charge in [-0.2, -0.15) is 0 Å². The Balaban J connectivity index is 1.87. The Hall–Kier alpha value is -0.870. The van der Waals surface area contributed by atoms with E-state index in [2.05, 4.69) is 22.0 Å². The van der Waals surface area contributed by atoms with E-state index in [1.165, 1.54) is 11.1 Å². The lowest BCUT2D eigenvalue weighted by atomic mass is 10.1. The standard InChI is InChI=1S/C14H18BrNO2/c1-10-8-11(2-4-13(10)15)3-5-14(18)16-7-6-12(17)9-16/h2,4,8,12,17H,3,5-7,9H2,1H3/t12-/m0/s1. The van der Waals surface area contributed by atoms with Gasteiger partial charge in [0.15, 0.2) is 0 Å². The van der Waals surface area contributed by atoms with Crippen LogP contribution >= 0.6 is 15.9 Å². The van der Waals surface area contributed by atoms with Crippen LogP contribution in [0.3, 0.4) is 0 Å². The van der Waals surface area contributed by atoms with Gasteiger partial charge in [0, 0.05) is 24.0 Å². The second-order valence-electron chi connectivity index (χ2n) is 4.87. The van der Waals surface area contributed by atoms with Gasteiger partial charge in [0.05, 0.1) is 6.10 Å². The quantitative estimate of drug-likeness (QED) is 0.930. The maximum Gasteiger partial charge on any atom is 0.222 e. The molecule has 98 valence electrons. The lowest BCUT2D eigenvalue weighted by Gasteiger charge is -2.15. The zero-order valence-electron chi connectivity index (χ0n) is 10.5. The third-order valence-electron chi connectivity index (χ3n) is 3.37. The average molecular weight is 312 g/mol. The van der Waals surface area contributed by atoms with Gasteiger partial charge in [-0.3, -0.25) is 4.79 Å². The predicted octanol–water partition coefficient (Wildman–Crippen LogP) is 2.28. The molecule has 0 aliphatic carbocycles. The highest BCUT2D eigenvalue weighted by Crippen LogP contribution is 2.18. The van der Waals surface area contributed by atoms with Crippen molar-refractivity contribution in [1.82, 2.24) is 4.90 Å². The molecule has 1 saturated heterocycles. The molecular formula is C14H18BrNO2. The summed E-state index contributed by atoms with van der Waals surface area (Å²) in [6.07, 6.45) is 1.67. The van der Waals surface area contributed by atoms with Gasteiger partial charge < -0.3 is 10.0 Å². The molecule has 18 heavy (non-hydrogen) atoms. The van der Waals surface area contributed by atoms with Gasteiger partial charge in [-0.05, 0) is 37.0 Å². The molecule has 1 N–H and O–H groups in total. The highest BCUT2D eigenvalue weighted by atomic mass is 79.9. The SMILES string of the molecule is Cc1cc(CCC(=O)N2CC[C@H](O)C2)ccc1Br. The second kappa shape index (κ2) is 5.85. The minimum Gasteiger partial charge on any atom is -0.391 e. The van der Waals surface area contributed by atoms with Gasteiger partial charge in [0.2, 0.25) is 5.91 Å². The maximum absolute atomic E-state index is 11.9. The third-order valence-corrected chi connectivity index (χ3v) is 4.26. The first-order valence-electron chi connectivity index (χ1n) is 6.27. The monoisotopic (exact) mass is 311 g/mol. The topological polar surface area (TPSA) is 40.5 Å². The molecule has 0 bridgehead atoms. The average Bonchev–Trinajstić information content (AvgIpc) is 2.77. The molecule has 1 amide bonds. The molecule has 1 atom stereocenters. The molecule has 0 spiro atoms. The van der Waals surface area contributed by atoms with Crippen molar-refractivity contribution >= 4 is 21.8 Å². The number of halogens is 1. The maximum atomic E-state index is 11.9. The number of aliphatic hydroxyl groups is 1. The van der Waals surface area contributed by atoms with E-state index in [1.807, 2.05) is 19.1 Å². The summed E-state index contributed by atoms with van der Waals surface area (Å²) in [5, 5.41) is 9.40. The number of carbonyl (C=O) groups excluding carboxylic acids is 1. The summed E-state index contributed by atoms with van der Waals surface area (Å²) < 4.78 is 1.10. The van der Waals surface area contributed by atoms with Gasteiger partial charge >= 0.3 is 0 Å². The summed E-state index contributed by atoms with van der Waals surface area (Å²) in [7, 11) is 0. The molecule has 1 aliphatic heterocycles. The number of rotatable bonds is 3. The Kier molecular flexibility index (Phi) is 4.40. The van der Waals surface area contributed by atoms with Crippen LogP contribution in [0.1, 0.15) is 24.0 Å². The number of aryl methyl sites for hydroxylation is 2. The highest BCUT2D eigenvalue weighted by Gasteiger charge is 2.23. The first-order chi connectivity index (χ1) is 8.56. The third kappa shape index (κ3) is 3.33. The fourth-order valence-electron chi connectivity index (χ4n) is 2.24. The van der Waals surface area contributed by atoms with Gasteiger partial charge in [-0.1, -0.05) is 28.1 Å². The van der Waals surface area contributed by atoms with E-state index in [1.54, 1.807) is 4.90 Å². The van der Waals surface area contributed by atoms with Crippen LogP contribution in [-0.2, 0) is 11.2 Å². The van der Waals surface area contributed by atoms with Crippen LogP contribution in [0.15, 0.2) is 22.7 Å². The molecular weight excluding hydrogens is 294 g/mol. The Labute approximate surface area is 116 Å². The number of aliphatic hydroxyl groups excluding tert-OH is 1. The van der Waals surface area contributed by atoms with E-state index in [0.29, 0.717) is 25.9 Å². The van der Waals surface area contributed by atoms with Crippen molar-refractivity contribution in [1.29, 1.82) is 0 Å². The summed E-state index contributed by atoms with van der Waals surface area (Å²) in [6, 6.07) is 6.17. The molecule has 4 heteroatoms. The number of β-amino-alcohol motifs (C(OH)–C–C–N with tert-alkyl or cyclic N) is 1. The van der Waals surface area contributed by atoms with Crippen molar-refractivity contribution in [3.05, 3.63) is 33.8 Å². The van der Waals surface area contributed by atoms with E-state index < -0.39 is 0 Å². The summed E-state index contributed by atoms with van der Waals surface area (Å²) in [4.78, 5) is 13.7. The molecule has 0 unspecified atom stereocenters. The molecule has 1 heterocycles. The van der Waals surface area contributed by atoms with Crippen molar-refractivity contribution in [3.63, 3.8) is 0 Å². The first kappa shape index (κ1) is 13.6. The summed E-state index contributed by atoms with van der Waals surface area (Å²) >= 11 is 3.47. The predicted molar refractivity (Wildman–Crippen MR) is 74.4 cm³/mol. The summed E-state index contributed by atoms with van der Waals surface area (Å²) in [5.74, 6) is 0.145. The largest absolute Gasteiger partial charge is 0.391 e. The van der Waals surface area contributed by atoms with Crippen LogP contribution in [0.25, 0.3) is 0 Å². The number of hydrogen-bond acceptors (Lipinski definition) is 2. The van der Waals surface area contributed by atoms with Crippen LogP contribution in [0.5, 0.6) is 0 Å². The van der Waals surface area contributed by atoms with E-state index in [4.69, 9.17) is 0 Å². The van der Waals surface area contributed by atoms with Crippen molar-refractivity contribution < 1.29 is 9.90 Å². The number of amides is 1. The van der Waals surface area contributed by atoms with E-state index in [9.17, 15) is 9.90 Å². The fourth-order valence-corrected chi connectivity index (χ4v) is 2.49. The number of benzene rings is 1. The number of likely N-dealkylation sites (tertiary alicyclic amines) is 1. The zero-order chi connectivity index (χ0) is 13.1. The lowest BCUT2D eigenvalue weighted by molar-refractivity contribution is -0.130. The molecule has 3 nitrogen and oxygen atoms in total. The number of nitrogens with zero attached hydrogens (tertiary/aromatic N) is 1. The van der Waals surface area contributed by atoms with Crippen LogP contribution in [0, 0.1) is 6.92 Å². The number of carbonyl (C=O) groups is 1. The van der Waals surface area contributed by atoms with Gasteiger partial charge in [0.25, 0.3) is 0 Å². The minimum absolute atomic E-state index is 0.145. The smallest absolute Gasteiger partial charge is 0.222 e. The van der Waals surface area contributed by atoms with Crippen molar-refractivity contribution in [2.75, 3.05) is 13.1 Å². The Morgan fingerprint density at radius 2 is 2.33 bits per heavy atom. The molecule has 0 radical (unpaired) electrons. The van der Waals surface area contributed by atoms with Gasteiger partial charge in [-0.15, -0.1) is 0 Å².